The Hall–Kier alpha value is -1.78. The van der Waals surface area contributed by atoms with Crippen molar-refractivity contribution in [2.24, 2.45) is 0 Å². The molecule has 1 heterocycles. The Morgan fingerprint density at radius 3 is 2.50 bits per heavy atom. The standard InChI is InChI=1S/C13H20N2O3/c1-5-15(8-12(16)14-9(2)3)13(17)11-7-6-10(4)18-11/h6-7,9H,5,8H2,1-4H3,(H,14,16). The molecule has 0 aliphatic carbocycles. The number of hydrogen-bond acceptors (Lipinski definition) is 3. The maximum atomic E-state index is 12.1. The Kier molecular flexibility index (Phi) is 4.95. The molecule has 0 bridgehead atoms. The Labute approximate surface area is 107 Å². The molecule has 0 fully saturated rings. The van der Waals surface area contributed by atoms with Gasteiger partial charge in [-0.1, -0.05) is 0 Å². The highest BCUT2D eigenvalue weighted by Gasteiger charge is 2.20. The van der Waals surface area contributed by atoms with Crippen LogP contribution in [0, 0.1) is 6.92 Å². The Bertz CT molecular complexity index is 424. The maximum Gasteiger partial charge on any atom is 0.290 e. The van der Waals surface area contributed by atoms with Gasteiger partial charge in [-0.25, -0.2) is 0 Å². The molecule has 1 aromatic rings. The third-order valence-corrected chi connectivity index (χ3v) is 2.40. The highest BCUT2D eigenvalue weighted by molar-refractivity contribution is 5.94. The normalized spacial score (nSPS) is 10.5. The van der Waals surface area contributed by atoms with Crippen molar-refractivity contribution in [2.45, 2.75) is 33.7 Å². The number of nitrogens with zero attached hydrogens (tertiary/aromatic N) is 1. The topological polar surface area (TPSA) is 62.6 Å². The molecule has 0 aliphatic heterocycles. The zero-order valence-electron chi connectivity index (χ0n) is 11.3. The van der Waals surface area contributed by atoms with Crippen molar-refractivity contribution < 1.29 is 14.0 Å². The van der Waals surface area contributed by atoms with Crippen LogP contribution in [0.1, 0.15) is 37.1 Å². The van der Waals surface area contributed by atoms with Gasteiger partial charge in [-0.2, -0.15) is 0 Å². The first kappa shape index (κ1) is 14.3. The summed E-state index contributed by atoms with van der Waals surface area (Å²) in [5.74, 6) is 0.528. The molecule has 0 atom stereocenters. The van der Waals surface area contributed by atoms with Crippen LogP contribution in [-0.2, 0) is 4.79 Å². The number of carbonyl (C=O) groups excluding carboxylic acids is 2. The molecule has 0 aliphatic rings. The number of nitrogens with one attached hydrogen (secondary N) is 1. The Morgan fingerprint density at radius 2 is 2.06 bits per heavy atom. The first-order chi connectivity index (χ1) is 8.43. The van der Waals surface area contributed by atoms with E-state index in [9.17, 15) is 9.59 Å². The van der Waals surface area contributed by atoms with Crippen LogP contribution >= 0.6 is 0 Å². The molecular formula is C13H20N2O3. The van der Waals surface area contributed by atoms with Crippen LogP contribution in [0.4, 0.5) is 0 Å². The molecule has 5 heteroatoms. The van der Waals surface area contributed by atoms with Gasteiger partial charge >= 0.3 is 0 Å². The van der Waals surface area contributed by atoms with Crippen molar-refractivity contribution in [3.8, 4) is 0 Å². The van der Waals surface area contributed by atoms with Crippen LogP contribution in [0.3, 0.4) is 0 Å². The smallest absolute Gasteiger partial charge is 0.290 e. The Morgan fingerprint density at radius 1 is 1.39 bits per heavy atom. The molecule has 0 spiro atoms. The molecule has 18 heavy (non-hydrogen) atoms. The molecule has 0 unspecified atom stereocenters. The fourth-order valence-corrected chi connectivity index (χ4v) is 1.57. The minimum absolute atomic E-state index is 0.0489. The van der Waals surface area contributed by atoms with E-state index in [4.69, 9.17) is 4.42 Å². The fourth-order valence-electron chi connectivity index (χ4n) is 1.57. The number of carbonyl (C=O) groups is 2. The van der Waals surface area contributed by atoms with Gasteiger partial charge in [0.2, 0.25) is 5.91 Å². The van der Waals surface area contributed by atoms with Gasteiger partial charge in [0.1, 0.15) is 5.76 Å². The molecule has 100 valence electrons. The lowest BCUT2D eigenvalue weighted by molar-refractivity contribution is -0.122. The largest absolute Gasteiger partial charge is 0.456 e. The van der Waals surface area contributed by atoms with Crippen molar-refractivity contribution in [3.63, 3.8) is 0 Å². The zero-order chi connectivity index (χ0) is 13.7. The highest BCUT2D eigenvalue weighted by Crippen LogP contribution is 2.09. The third-order valence-electron chi connectivity index (χ3n) is 2.40. The molecular weight excluding hydrogens is 232 g/mol. The first-order valence-corrected chi connectivity index (χ1v) is 6.09. The summed E-state index contributed by atoms with van der Waals surface area (Å²) in [6, 6.07) is 3.42. The van der Waals surface area contributed by atoms with E-state index in [2.05, 4.69) is 5.32 Å². The summed E-state index contributed by atoms with van der Waals surface area (Å²) >= 11 is 0. The second-order valence-electron chi connectivity index (χ2n) is 4.45. The van der Waals surface area contributed by atoms with E-state index >= 15 is 0 Å². The van der Waals surface area contributed by atoms with Gasteiger partial charge < -0.3 is 14.6 Å². The lowest BCUT2D eigenvalue weighted by atomic mass is 10.3. The summed E-state index contributed by atoms with van der Waals surface area (Å²) in [4.78, 5) is 25.1. The summed E-state index contributed by atoms with van der Waals surface area (Å²) in [5, 5.41) is 2.76. The average molecular weight is 252 g/mol. The predicted molar refractivity (Wildman–Crippen MR) is 68.3 cm³/mol. The summed E-state index contributed by atoms with van der Waals surface area (Å²) in [7, 11) is 0. The lowest BCUT2D eigenvalue weighted by Crippen LogP contribution is -2.42. The number of hydrogen-bond donors (Lipinski definition) is 1. The molecule has 2 amide bonds. The van der Waals surface area contributed by atoms with Crippen LogP contribution in [0.15, 0.2) is 16.5 Å². The van der Waals surface area contributed by atoms with Crippen molar-refractivity contribution >= 4 is 11.8 Å². The SMILES string of the molecule is CCN(CC(=O)NC(C)C)C(=O)c1ccc(C)o1. The quantitative estimate of drug-likeness (QED) is 0.865. The second-order valence-corrected chi connectivity index (χ2v) is 4.45. The molecule has 1 aromatic heterocycles. The van der Waals surface area contributed by atoms with Gasteiger partial charge in [0.15, 0.2) is 5.76 Å². The van der Waals surface area contributed by atoms with Gasteiger partial charge in [0, 0.05) is 12.6 Å². The Balaban J connectivity index is 2.66. The molecule has 1 N–H and O–H groups in total. The molecule has 5 nitrogen and oxygen atoms in total. The van der Waals surface area contributed by atoms with E-state index in [1.54, 1.807) is 19.1 Å². The number of likely N-dealkylation sites (N-methyl/N-ethyl adjacent to an activating group) is 1. The molecule has 0 saturated carbocycles. The monoisotopic (exact) mass is 252 g/mol. The zero-order valence-corrected chi connectivity index (χ0v) is 11.3. The number of aryl methyl sites for hydroxylation is 1. The number of rotatable bonds is 5. The summed E-state index contributed by atoms with van der Waals surface area (Å²) in [5.41, 5.74) is 0. The summed E-state index contributed by atoms with van der Waals surface area (Å²) in [6.07, 6.45) is 0. The molecule has 0 saturated heterocycles. The van der Waals surface area contributed by atoms with Crippen LogP contribution in [0.25, 0.3) is 0 Å². The molecule has 0 aromatic carbocycles. The average Bonchev–Trinajstić information content (AvgIpc) is 2.70. The minimum atomic E-state index is -0.260. The van der Waals surface area contributed by atoms with Gasteiger partial charge in [-0.05, 0) is 39.8 Å². The van der Waals surface area contributed by atoms with Crippen molar-refractivity contribution in [2.75, 3.05) is 13.1 Å². The van der Waals surface area contributed by atoms with Gasteiger partial charge in [-0.3, -0.25) is 9.59 Å². The fraction of sp³-hybridized carbons (Fsp3) is 0.538. The molecule has 1 rings (SSSR count). The third kappa shape index (κ3) is 3.91. The van der Waals surface area contributed by atoms with Crippen molar-refractivity contribution in [1.82, 2.24) is 10.2 Å². The van der Waals surface area contributed by atoms with Crippen molar-refractivity contribution in [3.05, 3.63) is 23.7 Å². The van der Waals surface area contributed by atoms with E-state index in [1.807, 2.05) is 20.8 Å². The van der Waals surface area contributed by atoms with Crippen molar-refractivity contribution in [1.29, 1.82) is 0 Å². The van der Waals surface area contributed by atoms with Crippen LogP contribution in [-0.4, -0.2) is 35.8 Å². The highest BCUT2D eigenvalue weighted by atomic mass is 16.3. The van der Waals surface area contributed by atoms with E-state index < -0.39 is 0 Å². The molecule has 0 radical (unpaired) electrons. The van der Waals surface area contributed by atoms with E-state index in [-0.39, 0.29) is 30.2 Å². The number of amides is 2. The van der Waals surface area contributed by atoms with E-state index in [0.717, 1.165) is 0 Å². The van der Waals surface area contributed by atoms with E-state index in [1.165, 1.54) is 4.90 Å². The van der Waals surface area contributed by atoms with E-state index in [0.29, 0.717) is 12.3 Å². The van der Waals surface area contributed by atoms with Gasteiger partial charge in [0.25, 0.3) is 5.91 Å². The summed E-state index contributed by atoms with van der Waals surface area (Å²) < 4.78 is 5.27. The minimum Gasteiger partial charge on any atom is -0.456 e. The predicted octanol–water partition coefficient (Wildman–Crippen LogP) is 1.57. The summed E-state index contributed by atoms with van der Waals surface area (Å²) in [6.45, 7) is 7.88. The van der Waals surface area contributed by atoms with Gasteiger partial charge in [-0.15, -0.1) is 0 Å². The van der Waals surface area contributed by atoms with Gasteiger partial charge in [0.05, 0.1) is 6.54 Å². The van der Waals surface area contributed by atoms with Crippen LogP contribution in [0.2, 0.25) is 0 Å². The number of furan rings is 1. The second kappa shape index (κ2) is 6.23. The van der Waals surface area contributed by atoms with Crippen LogP contribution in [0.5, 0.6) is 0 Å². The van der Waals surface area contributed by atoms with Crippen LogP contribution < -0.4 is 5.32 Å². The first-order valence-electron chi connectivity index (χ1n) is 6.09. The maximum absolute atomic E-state index is 12.1. The lowest BCUT2D eigenvalue weighted by Gasteiger charge is -2.19.